The molecule has 140 valence electrons. The summed E-state index contributed by atoms with van der Waals surface area (Å²) in [5.74, 6) is -0.461. The summed E-state index contributed by atoms with van der Waals surface area (Å²) in [6.45, 7) is 2.00. The number of aryl methyl sites for hydroxylation is 1. The van der Waals surface area contributed by atoms with Gasteiger partial charge in [-0.15, -0.1) is 10.2 Å². The quantitative estimate of drug-likeness (QED) is 0.651. The first-order valence-corrected chi connectivity index (χ1v) is 10.8. The van der Waals surface area contributed by atoms with E-state index in [2.05, 4.69) is 20.2 Å². The zero-order chi connectivity index (χ0) is 19.6. The molecular weight excluding hydrogens is 408 g/mol. The van der Waals surface area contributed by atoms with Gasteiger partial charge in [0.25, 0.3) is 5.91 Å². The molecule has 1 amide bonds. The Bertz CT molecular complexity index is 1100. The Hall–Kier alpha value is -2.49. The summed E-state index contributed by atoms with van der Waals surface area (Å²) in [6.07, 6.45) is 1.03. The molecule has 0 saturated carbocycles. The highest BCUT2D eigenvalue weighted by Gasteiger charge is 2.15. The Morgan fingerprint density at radius 1 is 1.11 bits per heavy atom. The van der Waals surface area contributed by atoms with Crippen LogP contribution >= 0.6 is 22.9 Å². The molecule has 3 aromatic rings. The van der Waals surface area contributed by atoms with Crippen molar-refractivity contribution in [1.29, 1.82) is 0 Å². The summed E-state index contributed by atoms with van der Waals surface area (Å²) in [5, 5.41) is 11.9. The minimum atomic E-state index is -3.43. The number of amides is 1. The van der Waals surface area contributed by atoms with Crippen LogP contribution in [0.5, 0.6) is 0 Å². The second-order valence-electron chi connectivity index (χ2n) is 5.80. The van der Waals surface area contributed by atoms with E-state index in [0.29, 0.717) is 10.1 Å². The molecule has 2 N–H and O–H groups in total. The fourth-order valence-electron chi connectivity index (χ4n) is 2.23. The van der Waals surface area contributed by atoms with E-state index in [4.69, 9.17) is 11.6 Å². The molecule has 2 aromatic carbocycles. The monoisotopic (exact) mass is 422 g/mol. The zero-order valence-corrected chi connectivity index (χ0v) is 16.7. The molecule has 27 heavy (non-hydrogen) atoms. The number of benzene rings is 2. The van der Waals surface area contributed by atoms with Crippen molar-refractivity contribution < 1.29 is 13.2 Å². The van der Waals surface area contributed by atoms with Gasteiger partial charge in [-0.05, 0) is 25.1 Å². The van der Waals surface area contributed by atoms with E-state index in [-0.39, 0.29) is 16.3 Å². The molecule has 0 atom stereocenters. The van der Waals surface area contributed by atoms with Gasteiger partial charge in [0, 0.05) is 11.3 Å². The van der Waals surface area contributed by atoms with E-state index < -0.39 is 15.9 Å². The highest BCUT2D eigenvalue weighted by Crippen LogP contribution is 2.28. The van der Waals surface area contributed by atoms with Crippen molar-refractivity contribution in [1.82, 2.24) is 10.2 Å². The van der Waals surface area contributed by atoms with Gasteiger partial charge in [0.05, 0.1) is 16.8 Å². The zero-order valence-electron chi connectivity index (χ0n) is 14.4. The van der Waals surface area contributed by atoms with E-state index in [0.717, 1.165) is 17.4 Å². The Balaban J connectivity index is 1.75. The molecular formula is C17H15ClN4O3S2. The fraction of sp³-hybridized carbons (Fsp3) is 0.118. The van der Waals surface area contributed by atoms with Crippen molar-refractivity contribution in [3.63, 3.8) is 0 Å². The van der Waals surface area contributed by atoms with Crippen LogP contribution in [0, 0.1) is 6.92 Å². The molecule has 0 aliphatic rings. The minimum absolute atomic E-state index is 0.115. The molecule has 0 aliphatic carbocycles. The average Bonchev–Trinajstić information content (AvgIpc) is 3.02. The molecule has 0 fully saturated rings. The number of carbonyl (C=O) groups excluding carboxylic acids is 1. The van der Waals surface area contributed by atoms with Gasteiger partial charge in [0.15, 0.2) is 0 Å². The fourth-order valence-corrected chi connectivity index (χ4v) is 3.79. The molecule has 3 rings (SSSR count). The van der Waals surface area contributed by atoms with Crippen LogP contribution in [0.1, 0.15) is 15.9 Å². The summed E-state index contributed by atoms with van der Waals surface area (Å²) < 4.78 is 24.8. The minimum Gasteiger partial charge on any atom is -0.296 e. The van der Waals surface area contributed by atoms with Gasteiger partial charge in [-0.1, -0.05) is 52.8 Å². The van der Waals surface area contributed by atoms with E-state index in [1.54, 1.807) is 0 Å². The number of sulfonamides is 1. The van der Waals surface area contributed by atoms with E-state index >= 15 is 0 Å². The lowest BCUT2D eigenvalue weighted by atomic mass is 10.2. The number of hydrogen-bond acceptors (Lipinski definition) is 6. The molecule has 1 aromatic heterocycles. The van der Waals surface area contributed by atoms with Gasteiger partial charge in [-0.25, -0.2) is 8.42 Å². The third-order valence-corrected chi connectivity index (χ3v) is 5.27. The van der Waals surface area contributed by atoms with E-state index in [9.17, 15) is 13.2 Å². The second-order valence-corrected chi connectivity index (χ2v) is 8.93. The first kappa shape index (κ1) is 19.3. The maximum atomic E-state index is 12.4. The highest BCUT2D eigenvalue weighted by atomic mass is 35.5. The summed E-state index contributed by atoms with van der Waals surface area (Å²) in [5.41, 5.74) is 2.52. The number of hydrogen-bond donors (Lipinski definition) is 2. The van der Waals surface area contributed by atoms with Gasteiger partial charge in [0.1, 0.15) is 5.01 Å². The average molecular weight is 423 g/mol. The van der Waals surface area contributed by atoms with Crippen LogP contribution in [-0.4, -0.2) is 30.8 Å². The van der Waals surface area contributed by atoms with E-state index in [1.165, 1.54) is 29.5 Å². The first-order valence-electron chi connectivity index (χ1n) is 7.70. The van der Waals surface area contributed by atoms with Crippen LogP contribution in [0.25, 0.3) is 10.6 Å². The van der Waals surface area contributed by atoms with Gasteiger partial charge in [-0.3, -0.25) is 14.8 Å². The molecule has 0 saturated heterocycles. The van der Waals surface area contributed by atoms with Crippen LogP contribution in [0.4, 0.5) is 10.8 Å². The number of rotatable bonds is 5. The maximum absolute atomic E-state index is 12.4. The first-order chi connectivity index (χ1) is 12.7. The topological polar surface area (TPSA) is 101 Å². The Morgan fingerprint density at radius 2 is 1.81 bits per heavy atom. The van der Waals surface area contributed by atoms with Gasteiger partial charge in [-0.2, -0.15) is 0 Å². The van der Waals surface area contributed by atoms with Crippen molar-refractivity contribution in [2.45, 2.75) is 6.92 Å². The van der Waals surface area contributed by atoms with Crippen molar-refractivity contribution in [3.05, 3.63) is 58.6 Å². The molecule has 10 heteroatoms. The molecule has 0 aliphatic heterocycles. The predicted octanol–water partition coefficient (Wildman–Crippen LogP) is 3.79. The van der Waals surface area contributed by atoms with E-state index in [1.807, 2.05) is 31.2 Å². The standard InChI is InChI=1S/C17H15ClN4O3S2/c1-10-3-5-11(6-4-10)16-20-21-17(26-16)19-15(23)13-8-7-12(9-14(13)18)22-27(2,24)25/h3-9,22H,1-2H3,(H,19,21,23). The number of carbonyl (C=O) groups is 1. The normalized spacial score (nSPS) is 11.2. The summed E-state index contributed by atoms with van der Waals surface area (Å²) >= 11 is 7.35. The SMILES string of the molecule is Cc1ccc(-c2nnc(NC(=O)c3ccc(NS(C)(=O)=O)cc3Cl)s2)cc1. The Morgan fingerprint density at radius 3 is 2.44 bits per heavy atom. The molecule has 0 spiro atoms. The van der Waals surface area contributed by atoms with Crippen LogP contribution in [0.15, 0.2) is 42.5 Å². The van der Waals surface area contributed by atoms with Crippen LogP contribution < -0.4 is 10.0 Å². The predicted molar refractivity (Wildman–Crippen MR) is 108 cm³/mol. The van der Waals surface area contributed by atoms with Crippen molar-refractivity contribution >= 4 is 49.7 Å². The van der Waals surface area contributed by atoms with Crippen molar-refractivity contribution in [2.24, 2.45) is 0 Å². The van der Waals surface area contributed by atoms with Gasteiger partial charge < -0.3 is 0 Å². The van der Waals surface area contributed by atoms with Crippen LogP contribution in [0.3, 0.4) is 0 Å². The summed E-state index contributed by atoms with van der Waals surface area (Å²) in [6, 6.07) is 12.1. The number of anilines is 2. The summed E-state index contributed by atoms with van der Waals surface area (Å²) in [4.78, 5) is 12.4. The smallest absolute Gasteiger partial charge is 0.259 e. The van der Waals surface area contributed by atoms with Crippen LogP contribution in [-0.2, 0) is 10.0 Å². The third kappa shape index (κ3) is 5.03. The summed E-state index contributed by atoms with van der Waals surface area (Å²) in [7, 11) is -3.43. The lowest BCUT2D eigenvalue weighted by Gasteiger charge is -2.07. The van der Waals surface area contributed by atoms with Gasteiger partial charge >= 0.3 is 0 Å². The van der Waals surface area contributed by atoms with Crippen molar-refractivity contribution in [2.75, 3.05) is 16.3 Å². The lowest BCUT2D eigenvalue weighted by molar-refractivity contribution is 0.102. The largest absolute Gasteiger partial charge is 0.296 e. The van der Waals surface area contributed by atoms with Crippen LogP contribution in [0.2, 0.25) is 5.02 Å². The number of aromatic nitrogens is 2. The molecule has 0 radical (unpaired) electrons. The Kier molecular flexibility index (Phi) is 5.45. The number of halogens is 1. The number of nitrogens with zero attached hydrogens (tertiary/aromatic N) is 2. The molecule has 1 heterocycles. The maximum Gasteiger partial charge on any atom is 0.259 e. The molecule has 7 nitrogen and oxygen atoms in total. The Labute approximate surface area is 165 Å². The molecule has 0 bridgehead atoms. The molecule has 0 unspecified atom stereocenters. The second kappa shape index (κ2) is 7.63. The van der Waals surface area contributed by atoms with Crippen molar-refractivity contribution in [3.8, 4) is 10.6 Å². The number of nitrogens with one attached hydrogen (secondary N) is 2. The highest BCUT2D eigenvalue weighted by molar-refractivity contribution is 7.92. The lowest BCUT2D eigenvalue weighted by Crippen LogP contribution is -2.13. The van der Waals surface area contributed by atoms with Gasteiger partial charge in [0.2, 0.25) is 15.2 Å². The third-order valence-electron chi connectivity index (χ3n) is 3.46.